The minimum absolute atomic E-state index is 0.0996. The SMILES string of the molecule is CNc1cnc(C(C)C)nc1C(=O)NC1CCCC1C. The summed E-state index contributed by atoms with van der Waals surface area (Å²) in [4.78, 5) is 21.2. The van der Waals surface area contributed by atoms with E-state index in [1.54, 1.807) is 13.2 Å². The number of amides is 1. The lowest BCUT2D eigenvalue weighted by molar-refractivity contribution is 0.0925. The summed E-state index contributed by atoms with van der Waals surface area (Å²) in [5, 5.41) is 6.11. The molecule has 2 N–H and O–H groups in total. The molecule has 2 unspecified atom stereocenters. The van der Waals surface area contributed by atoms with Crippen LogP contribution in [0.25, 0.3) is 0 Å². The van der Waals surface area contributed by atoms with E-state index in [9.17, 15) is 4.79 Å². The first kappa shape index (κ1) is 14.8. The molecule has 0 radical (unpaired) electrons. The van der Waals surface area contributed by atoms with Crippen LogP contribution in [-0.2, 0) is 0 Å². The van der Waals surface area contributed by atoms with Crippen molar-refractivity contribution in [2.75, 3.05) is 12.4 Å². The maximum Gasteiger partial charge on any atom is 0.272 e. The fourth-order valence-corrected chi connectivity index (χ4v) is 2.63. The van der Waals surface area contributed by atoms with Crippen LogP contribution in [0, 0.1) is 5.92 Å². The van der Waals surface area contributed by atoms with Gasteiger partial charge in [0.25, 0.3) is 5.91 Å². The molecule has 2 atom stereocenters. The van der Waals surface area contributed by atoms with Crippen LogP contribution in [0.15, 0.2) is 6.20 Å². The van der Waals surface area contributed by atoms with Crippen molar-refractivity contribution in [3.05, 3.63) is 17.7 Å². The first-order chi connectivity index (χ1) is 9.52. The Hall–Kier alpha value is -1.65. The maximum absolute atomic E-state index is 12.5. The Bertz CT molecular complexity index is 487. The molecule has 1 fully saturated rings. The van der Waals surface area contributed by atoms with E-state index in [2.05, 4.69) is 27.5 Å². The highest BCUT2D eigenvalue weighted by atomic mass is 16.2. The van der Waals surface area contributed by atoms with Crippen molar-refractivity contribution in [2.45, 2.75) is 52.0 Å². The first-order valence-electron chi connectivity index (χ1n) is 7.38. The van der Waals surface area contributed by atoms with Crippen LogP contribution in [0.1, 0.15) is 62.3 Å². The lowest BCUT2D eigenvalue weighted by Crippen LogP contribution is -2.37. The van der Waals surface area contributed by atoms with Crippen LogP contribution >= 0.6 is 0 Å². The van der Waals surface area contributed by atoms with Gasteiger partial charge < -0.3 is 10.6 Å². The minimum Gasteiger partial charge on any atom is -0.385 e. The van der Waals surface area contributed by atoms with Gasteiger partial charge in [0, 0.05) is 19.0 Å². The second-order valence-electron chi connectivity index (χ2n) is 5.88. The van der Waals surface area contributed by atoms with Gasteiger partial charge in [0.2, 0.25) is 0 Å². The lowest BCUT2D eigenvalue weighted by Gasteiger charge is -2.18. The van der Waals surface area contributed by atoms with Crippen LogP contribution in [0.5, 0.6) is 0 Å². The van der Waals surface area contributed by atoms with Gasteiger partial charge in [-0.15, -0.1) is 0 Å². The molecular formula is C15H24N4O. The minimum atomic E-state index is -0.0996. The van der Waals surface area contributed by atoms with Gasteiger partial charge in [-0.3, -0.25) is 4.79 Å². The van der Waals surface area contributed by atoms with Gasteiger partial charge in [0.1, 0.15) is 5.82 Å². The number of aromatic nitrogens is 2. The number of hydrogen-bond acceptors (Lipinski definition) is 4. The molecule has 0 spiro atoms. The highest BCUT2D eigenvalue weighted by molar-refractivity contribution is 5.97. The molecule has 0 aromatic carbocycles. The lowest BCUT2D eigenvalue weighted by atomic mass is 10.1. The van der Waals surface area contributed by atoms with E-state index in [0.29, 0.717) is 23.1 Å². The summed E-state index contributed by atoms with van der Waals surface area (Å²) in [5.74, 6) is 1.35. The van der Waals surface area contributed by atoms with Crippen LogP contribution in [-0.4, -0.2) is 29.0 Å². The number of anilines is 1. The fraction of sp³-hybridized carbons (Fsp3) is 0.667. The van der Waals surface area contributed by atoms with E-state index in [1.165, 1.54) is 12.8 Å². The van der Waals surface area contributed by atoms with Gasteiger partial charge >= 0.3 is 0 Å². The third-order valence-electron chi connectivity index (χ3n) is 3.99. The van der Waals surface area contributed by atoms with Gasteiger partial charge in [-0.1, -0.05) is 27.2 Å². The van der Waals surface area contributed by atoms with Crippen molar-refractivity contribution in [1.82, 2.24) is 15.3 Å². The number of rotatable bonds is 4. The Kier molecular flexibility index (Phi) is 4.57. The summed E-state index contributed by atoms with van der Waals surface area (Å²) < 4.78 is 0. The molecule has 2 rings (SSSR count). The molecule has 1 aliphatic rings. The average Bonchev–Trinajstić information content (AvgIpc) is 2.83. The molecule has 0 saturated heterocycles. The number of nitrogens with one attached hydrogen (secondary N) is 2. The normalized spacial score (nSPS) is 22.1. The molecule has 110 valence electrons. The van der Waals surface area contributed by atoms with Crippen molar-refractivity contribution >= 4 is 11.6 Å². The molecule has 1 aromatic heterocycles. The highest BCUT2D eigenvalue weighted by Crippen LogP contribution is 2.25. The molecule has 0 bridgehead atoms. The Morgan fingerprint density at radius 2 is 2.15 bits per heavy atom. The third kappa shape index (κ3) is 3.08. The molecule has 1 aromatic rings. The molecule has 1 heterocycles. The molecule has 5 heteroatoms. The smallest absolute Gasteiger partial charge is 0.272 e. The molecule has 0 aliphatic heterocycles. The number of carbonyl (C=O) groups is 1. The number of carbonyl (C=O) groups excluding carboxylic acids is 1. The van der Waals surface area contributed by atoms with Gasteiger partial charge in [0.05, 0.1) is 11.9 Å². The molecule has 1 aliphatic carbocycles. The topological polar surface area (TPSA) is 66.9 Å². The summed E-state index contributed by atoms with van der Waals surface area (Å²) in [6.45, 7) is 6.24. The van der Waals surface area contributed by atoms with Crippen LogP contribution in [0.3, 0.4) is 0 Å². The molecule has 1 amide bonds. The van der Waals surface area contributed by atoms with Crippen LogP contribution in [0.4, 0.5) is 5.69 Å². The Balaban J connectivity index is 2.20. The van der Waals surface area contributed by atoms with Crippen molar-refractivity contribution < 1.29 is 4.79 Å². The van der Waals surface area contributed by atoms with Crippen molar-refractivity contribution in [1.29, 1.82) is 0 Å². The summed E-state index contributed by atoms with van der Waals surface area (Å²) in [7, 11) is 1.78. The Labute approximate surface area is 120 Å². The van der Waals surface area contributed by atoms with Gasteiger partial charge in [-0.2, -0.15) is 0 Å². The number of hydrogen-bond donors (Lipinski definition) is 2. The summed E-state index contributed by atoms with van der Waals surface area (Å²) in [6.07, 6.45) is 5.12. The predicted molar refractivity (Wildman–Crippen MR) is 79.9 cm³/mol. The molecule has 5 nitrogen and oxygen atoms in total. The number of nitrogens with zero attached hydrogens (tertiary/aromatic N) is 2. The largest absolute Gasteiger partial charge is 0.385 e. The standard InChI is InChI=1S/C15H24N4O/c1-9(2)14-17-8-12(16-4)13(19-14)15(20)18-11-7-5-6-10(11)3/h8-11,16H,5-7H2,1-4H3,(H,18,20). The van der Waals surface area contributed by atoms with E-state index in [-0.39, 0.29) is 17.9 Å². The van der Waals surface area contributed by atoms with Crippen molar-refractivity contribution in [2.24, 2.45) is 5.92 Å². The van der Waals surface area contributed by atoms with E-state index >= 15 is 0 Å². The summed E-state index contributed by atoms with van der Waals surface area (Å²) >= 11 is 0. The second-order valence-corrected chi connectivity index (χ2v) is 5.88. The zero-order valence-electron chi connectivity index (χ0n) is 12.7. The predicted octanol–water partition coefficient (Wildman–Crippen LogP) is 2.56. The zero-order chi connectivity index (χ0) is 14.7. The van der Waals surface area contributed by atoms with E-state index in [1.807, 2.05) is 13.8 Å². The molecule has 20 heavy (non-hydrogen) atoms. The van der Waals surface area contributed by atoms with E-state index < -0.39 is 0 Å². The molecular weight excluding hydrogens is 252 g/mol. The quantitative estimate of drug-likeness (QED) is 0.887. The van der Waals surface area contributed by atoms with Gasteiger partial charge in [-0.25, -0.2) is 9.97 Å². The van der Waals surface area contributed by atoms with Crippen molar-refractivity contribution in [3.63, 3.8) is 0 Å². The Morgan fingerprint density at radius 3 is 2.70 bits per heavy atom. The Morgan fingerprint density at radius 1 is 1.40 bits per heavy atom. The van der Waals surface area contributed by atoms with Crippen molar-refractivity contribution in [3.8, 4) is 0 Å². The summed E-state index contributed by atoms with van der Waals surface area (Å²) in [6, 6.07) is 0.268. The van der Waals surface area contributed by atoms with E-state index in [0.717, 1.165) is 6.42 Å². The third-order valence-corrected chi connectivity index (χ3v) is 3.99. The fourth-order valence-electron chi connectivity index (χ4n) is 2.63. The average molecular weight is 276 g/mol. The van der Waals surface area contributed by atoms with Gasteiger partial charge in [0.15, 0.2) is 5.69 Å². The highest BCUT2D eigenvalue weighted by Gasteiger charge is 2.26. The molecule has 1 saturated carbocycles. The maximum atomic E-state index is 12.5. The van der Waals surface area contributed by atoms with Crippen LogP contribution < -0.4 is 10.6 Å². The first-order valence-corrected chi connectivity index (χ1v) is 7.38. The zero-order valence-corrected chi connectivity index (χ0v) is 12.7. The summed E-state index contributed by atoms with van der Waals surface area (Å²) in [5.41, 5.74) is 1.13. The van der Waals surface area contributed by atoms with Crippen LogP contribution in [0.2, 0.25) is 0 Å². The second kappa shape index (κ2) is 6.20. The van der Waals surface area contributed by atoms with E-state index in [4.69, 9.17) is 0 Å². The van der Waals surface area contributed by atoms with Gasteiger partial charge in [-0.05, 0) is 18.8 Å². The monoisotopic (exact) mass is 276 g/mol.